The summed E-state index contributed by atoms with van der Waals surface area (Å²) in [5.74, 6) is 2.66. The Kier molecular flexibility index (Phi) is 7.09. The smallest absolute Gasteiger partial charge is 0.223 e. The number of unbranched alkanes of at least 4 members (excludes halogenated alkanes) is 3. The summed E-state index contributed by atoms with van der Waals surface area (Å²) >= 11 is 1.79. The summed E-state index contributed by atoms with van der Waals surface area (Å²) < 4.78 is 10.9. The SMILES string of the molecule is CCCCCCC(=O)N1CCS[C@@H]1c1cccc(OC)c1OC. The van der Waals surface area contributed by atoms with E-state index in [4.69, 9.17) is 9.47 Å². The monoisotopic (exact) mass is 337 g/mol. The van der Waals surface area contributed by atoms with Crippen LogP contribution in [0.25, 0.3) is 0 Å². The average Bonchev–Trinajstić information content (AvgIpc) is 3.07. The zero-order chi connectivity index (χ0) is 16.7. The van der Waals surface area contributed by atoms with Gasteiger partial charge in [-0.15, -0.1) is 11.8 Å². The van der Waals surface area contributed by atoms with Gasteiger partial charge in [-0.3, -0.25) is 4.79 Å². The van der Waals surface area contributed by atoms with Gasteiger partial charge in [0.25, 0.3) is 0 Å². The van der Waals surface area contributed by atoms with Gasteiger partial charge < -0.3 is 14.4 Å². The lowest BCUT2D eigenvalue weighted by Crippen LogP contribution is -2.30. The molecule has 1 aromatic carbocycles. The van der Waals surface area contributed by atoms with Crippen molar-refractivity contribution in [2.45, 2.75) is 44.4 Å². The molecular weight excluding hydrogens is 310 g/mol. The van der Waals surface area contributed by atoms with Crippen LogP contribution in [0.1, 0.15) is 50.0 Å². The maximum atomic E-state index is 12.6. The predicted molar refractivity (Wildman–Crippen MR) is 95.2 cm³/mol. The Morgan fingerprint density at radius 3 is 2.78 bits per heavy atom. The minimum atomic E-state index is 0.0266. The first-order valence-corrected chi connectivity index (χ1v) is 9.39. The summed E-state index contributed by atoms with van der Waals surface area (Å²) in [5.41, 5.74) is 1.02. The molecule has 4 nitrogen and oxygen atoms in total. The average molecular weight is 337 g/mol. The molecule has 1 fully saturated rings. The van der Waals surface area contributed by atoms with Crippen molar-refractivity contribution < 1.29 is 14.3 Å². The van der Waals surface area contributed by atoms with Crippen LogP contribution in [0.15, 0.2) is 18.2 Å². The molecule has 5 heteroatoms. The van der Waals surface area contributed by atoms with Crippen molar-refractivity contribution in [1.82, 2.24) is 4.90 Å². The second-order valence-corrected chi connectivity index (χ2v) is 6.89. The molecule has 0 saturated carbocycles. The molecule has 1 aliphatic rings. The van der Waals surface area contributed by atoms with Crippen LogP contribution in [-0.2, 0) is 4.79 Å². The van der Waals surface area contributed by atoms with E-state index in [0.29, 0.717) is 12.2 Å². The molecule has 1 atom stereocenters. The number of nitrogens with zero attached hydrogens (tertiary/aromatic N) is 1. The molecule has 1 heterocycles. The molecule has 2 rings (SSSR count). The van der Waals surface area contributed by atoms with Crippen LogP contribution in [0.2, 0.25) is 0 Å². The van der Waals surface area contributed by atoms with E-state index in [1.807, 2.05) is 23.1 Å². The van der Waals surface area contributed by atoms with Crippen molar-refractivity contribution in [3.63, 3.8) is 0 Å². The fourth-order valence-corrected chi connectivity index (χ4v) is 4.23. The maximum absolute atomic E-state index is 12.6. The van der Waals surface area contributed by atoms with Crippen molar-refractivity contribution >= 4 is 17.7 Å². The normalized spacial score (nSPS) is 17.3. The molecule has 128 valence electrons. The van der Waals surface area contributed by atoms with E-state index in [1.165, 1.54) is 12.8 Å². The molecule has 0 radical (unpaired) electrons. The van der Waals surface area contributed by atoms with Crippen molar-refractivity contribution in [3.8, 4) is 11.5 Å². The molecule has 1 saturated heterocycles. The van der Waals surface area contributed by atoms with E-state index < -0.39 is 0 Å². The van der Waals surface area contributed by atoms with Gasteiger partial charge >= 0.3 is 0 Å². The van der Waals surface area contributed by atoms with E-state index in [2.05, 4.69) is 6.92 Å². The fraction of sp³-hybridized carbons (Fsp3) is 0.611. The molecule has 1 amide bonds. The van der Waals surface area contributed by atoms with Crippen LogP contribution in [0.3, 0.4) is 0 Å². The zero-order valence-corrected chi connectivity index (χ0v) is 15.2. The van der Waals surface area contributed by atoms with Gasteiger partial charge in [0.05, 0.1) is 14.2 Å². The van der Waals surface area contributed by atoms with Crippen LogP contribution < -0.4 is 9.47 Å². The molecule has 0 N–H and O–H groups in total. The number of rotatable bonds is 8. The quantitative estimate of drug-likeness (QED) is 0.665. The first-order chi connectivity index (χ1) is 11.2. The first-order valence-electron chi connectivity index (χ1n) is 8.34. The molecule has 0 aliphatic carbocycles. The number of thioether (sulfide) groups is 1. The van der Waals surface area contributed by atoms with Gasteiger partial charge in [0.2, 0.25) is 5.91 Å². The number of amides is 1. The largest absolute Gasteiger partial charge is 0.493 e. The Labute approximate surface area is 143 Å². The first kappa shape index (κ1) is 18.0. The molecule has 0 bridgehead atoms. The zero-order valence-electron chi connectivity index (χ0n) is 14.3. The number of para-hydroxylation sites is 1. The Morgan fingerprint density at radius 1 is 1.26 bits per heavy atom. The van der Waals surface area contributed by atoms with E-state index >= 15 is 0 Å². The molecular formula is C18H27NO3S. The number of hydrogen-bond acceptors (Lipinski definition) is 4. The highest BCUT2D eigenvalue weighted by atomic mass is 32.2. The van der Waals surface area contributed by atoms with Crippen LogP contribution in [0.4, 0.5) is 0 Å². The Hall–Kier alpha value is -1.36. The third-order valence-electron chi connectivity index (χ3n) is 4.15. The number of carbonyl (C=O) groups excluding carboxylic acids is 1. The third kappa shape index (κ3) is 4.34. The fourth-order valence-electron chi connectivity index (χ4n) is 2.94. The number of hydrogen-bond donors (Lipinski definition) is 0. The molecule has 0 unspecified atom stereocenters. The molecule has 23 heavy (non-hydrogen) atoms. The minimum Gasteiger partial charge on any atom is -0.493 e. The van der Waals surface area contributed by atoms with Gasteiger partial charge in [0.15, 0.2) is 11.5 Å². The number of carbonyl (C=O) groups is 1. The van der Waals surface area contributed by atoms with Gasteiger partial charge in [-0.2, -0.15) is 0 Å². The molecule has 1 aromatic rings. The van der Waals surface area contributed by atoms with Crippen molar-refractivity contribution in [2.24, 2.45) is 0 Å². The summed E-state index contributed by atoms with van der Waals surface area (Å²) in [7, 11) is 3.29. The number of ether oxygens (including phenoxy) is 2. The highest BCUT2D eigenvalue weighted by molar-refractivity contribution is 7.99. The van der Waals surface area contributed by atoms with Crippen molar-refractivity contribution in [3.05, 3.63) is 23.8 Å². The highest BCUT2D eigenvalue weighted by Gasteiger charge is 2.32. The second-order valence-electron chi connectivity index (χ2n) is 5.70. The van der Waals surface area contributed by atoms with Crippen molar-refractivity contribution in [1.29, 1.82) is 0 Å². The van der Waals surface area contributed by atoms with Crippen molar-refractivity contribution in [2.75, 3.05) is 26.5 Å². The lowest BCUT2D eigenvalue weighted by atomic mass is 10.1. The summed E-state index contributed by atoms with van der Waals surface area (Å²) in [5, 5.41) is 0.0266. The van der Waals surface area contributed by atoms with Gasteiger partial charge in [-0.1, -0.05) is 38.3 Å². The topological polar surface area (TPSA) is 38.8 Å². The lowest BCUT2D eigenvalue weighted by molar-refractivity contribution is -0.131. The van der Waals surface area contributed by atoms with E-state index in [0.717, 1.165) is 36.5 Å². The summed E-state index contributed by atoms with van der Waals surface area (Å²) in [6, 6.07) is 5.88. The maximum Gasteiger partial charge on any atom is 0.223 e. The molecule has 0 aromatic heterocycles. The predicted octanol–water partition coefficient (Wildman–Crippen LogP) is 4.25. The summed E-state index contributed by atoms with van der Waals surface area (Å²) in [6.45, 7) is 2.99. The van der Waals surface area contributed by atoms with E-state index in [-0.39, 0.29) is 11.3 Å². The van der Waals surface area contributed by atoms with Crippen LogP contribution >= 0.6 is 11.8 Å². The van der Waals surface area contributed by atoms with Gasteiger partial charge in [-0.25, -0.2) is 0 Å². The third-order valence-corrected chi connectivity index (χ3v) is 5.40. The van der Waals surface area contributed by atoms with Crippen LogP contribution in [-0.4, -0.2) is 37.3 Å². The van der Waals surface area contributed by atoms with E-state index in [9.17, 15) is 4.79 Å². The van der Waals surface area contributed by atoms with Gasteiger partial charge in [-0.05, 0) is 12.5 Å². The highest BCUT2D eigenvalue weighted by Crippen LogP contribution is 2.45. The van der Waals surface area contributed by atoms with E-state index in [1.54, 1.807) is 26.0 Å². The molecule has 0 spiro atoms. The van der Waals surface area contributed by atoms with Gasteiger partial charge in [0.1, 0.15) is 5.37 Å². The Morgan fingerprint density at radius 2 is 2.09 bits per heavy atom. The second kappa shape index (κ2) is 9.06. The Balaban J connectivity index is 2.11. The van der Waals surface area contributed by atoms with Crippen LogP contribution in [0, 0.1) is 0 Å². The number of methoxy groups -OCH3 is 2. The summed E-state index contributed by atoms with van der Waals surface area (Å²) in [6.07, 6.45) is 5.15. The Bertz CT molecular complexity index is 521. The minimum absolute atomic E-state index is 0.0266. The van der Waals surface area contributed by atoms with Crippen LogP contribution in [0.5, 0.6) is 11.5 Å². The number of benzene rings is 1. The lowest BCUT2D eigenvalue weighted by Gasteiger charge is -2.26. The summed E-state index contributed by atoms with van der Waals surface area (Å²) in [4.78, 5) is 14.6. The molecule has 1 aliphatic heterocycles. The standard InChI is InChI=1S/C18H27NO3S/c1-4-5-6-7-11-16(20)19-12-13-23-18(19)14-9-8-10-15(21-2)17(14)22-3/h8-10,18H,4-7,11-13H2,1-3H3/t18-/m1/s1. The van der Waals surface area contributed by atoms with Gasteiger partial charge in [0, 0.05) is 24.3 Å².